The van der Waals surface area contributed by atoms with Gasteiger partial charge in [0.25, 0.3) is 0 Å². The zero-order chi connectivity index (χ0) is 20.2. The Balaban J connectivity index is 1.95. The van der Waals surface area contributed by atoms with Crippen molar-refractivity contribution in [2.75, 3.05) is 19.0 Å². The van der Waals surface area contributed by atoms with Gasteiger partial charge < -0.3 is 14.6 Å². The maximum Gasteiger partial charge on any atom is 0.354 e. The molecule has 0 aliphatic carbocycles. The summed E-state index contributed by atoms with van der Waals surface area (Å²) in [5, 5.41) is 3.26. The minimum Gasteiger partial charge on any atom is -0.464 e. The highest BCUT2D eigenvalue weighted by molar-refractivity contribution is 7.89. The van der Waals surface area contributed by atoms with E-state index in [2.05, 4.69) is 14.8 Å². The van der Waals surface area contributed by atoms with E-state index in [1.54, 1.807) is 25.1 Å². The number of nitrogens with one attached hydrogen (secondary N) is 2. The number of sulfonamides is 1. The van der Waals surface area contributed by atoms with E-state index < -0.39 is 16.0 Å². The number of aromatic nitrogens is 1. The molecule has 0 aliphatic rings. The molecule has 10 heteroatoms. The molecule has 0 aliphatic heterocycles. The molecule has 1 aromatic heterocycles. The van der Waals surface area contributed by atoms with Gasteiger partial charge in [0.05, 0.1) is 7.11 Å². The van der Waals surface area contributed by atoms with Gasteiger partial charge in [-0.15, -0.1) is 0 Å². The Morgan fingerprint density at radius 1 is 1.26 bits per heavy atom. The summed E-state index contributed by atoms with van der Waals surface area (Å²) in [4.78, 5) is 23.5. The van der Waals surface area contributed by atoms with Crippen LogP contribution >= 0.6 is 11.6 Å². The molecule has 1 heterocycles. The number of carbonyl (C=O) groups excluding carboxylic acids is 2. The highest BCUT2D eigenvalue weighted by Gasteiger charge is 2.21. The lowest BCUT2D eigenvalue weighted by Gasteiger charge is -2.09. The zero-order valence-corrected chi connectivity index (χ0v) is 16.6. The van der Waals surface area contributed by atoms with Crippen molar-refractivity contribution in [3.63, 3.8) is 0 Å². The van der Waals surface area contributed by atoms with Gasteiger partial charge in [-0.2, -0.15) is 0 Å². The number of rotatable bonds is 7. The summed E-state index contributed by atoms with van der Waals surface area (Å²) in [6.07, 6.45) is 1.24. The Hall–Kier alpha value is -2.36. The van der Waals surface area contributed by atoms with E-state index in [0.29, 0.717) is 10.7 Å². The van der Waals surface area contributed by atoms with Crippen LogP contribution in [0.4, 0.5) is 5.69 Å². The zero-order valence-electron chi connectivity index (χ0n) is 15.1. The molecule has 1 aromatic carbocycles. The fourth-order valence-corrected chi connectivity index (χ4v) is 3.68. The van der Waals surface area contributed by atoms with E-state index in [9.17, 15) is 18.0 Å². The molecule has 0 saturated heterocycles. The van der Waals surface area contributed by atoms with Crippen LogP contribution in [0.1, 0.15) is 22.5 Å². The quantitative estimate of drug-likeness (QED) is 0.676. The molecule has 8 nitrogen and oxygen atoms in total. The van der Waals surface area contributed by atoms with Crippen molar-refractivity contribution in [1.82, 2.24) is 9.29 Å². The van der Waals surface area contributed by atoms with Gasteiger partial charge in [0, 0.05) is 36.9 Å². The molecule has 27 heavy (non-hydrogen) atoms. The minimum absolute atomic E-state index is 0.0576. The molecule has 0 bridgehead atoms. The third kappa shape index (κ3) is 5.31. The van der Waals surface area contributed by atoms with Crippen molar-refractivity contribution in [1.29, 1.82) is 0 Å². The first-order valence-electron chi connectivity index (χ1n) is 7.94. The fourth-order valence-electron chi connectivity index (χ4n) is 2.35. The Morgan fingerprint density at radius 3 is 2.59 bits per heavy atom. The Bertz CT molecular complexity index is 969. The molecule has 146 valence electrons. The van der Waals surface area contributed by atoms with Gasteiger partial charge in [-0.1, -0.05) is 11.6 Å². The number of halogens is 1. The molecule has 0 radical (unpaired) electrons. The van der Waals surface area contributed by atoms with E-state index in [1.807, 2.05) is 0 Å². The molecular weight excluding hydrogens is 394 g/mol. The highest BCUT2D eigenvalue weighted by atomic mass is 35.5. The standard InChI is InChI=1S/C17H20ClN3O5S/c1-11-8-12(18)4-5-14(11)20-16(22)6-7-19-27(24,25)13-9-15(17(23)26-3)21(2)10-13/h4-5,8-10,19H,6-7H2,1-3H3,(H,20,22). The number of hydrogen-bond acceptors (Lipinski definition) is 5. The molecule has 0 unspecified atom stereocenters. The summed E-state index contributed by atoms with van der Waals surface area (Å²) in [5.41, 5.74) is 1.52. The second-order valence-electron chi connectivity index (χ2n) is 5.82. The molecule has 0 saturated carbocycles. The molecule has 2 N–H and O–H groups in total. The number of esters is 1. The first kappa shape index (κ1) is 20.9. The number of benzene rings is 1. The summed E-state index contributed by atoms with van der Waals surface area (Å²) in [6.45, 7) is 1.71. The van der Waals surface area contributed by atoms with Crippen LogP contribution in [0, 0.1) is 6.92 Å². The predicted molar refractivity (Wildman–Crippen MR) is 101 cm³/mol. The van der Waals surface area contributed by atoms with Crippen molar-refractivity contribution < 1.29 is 22.7 Å². The van der Waals surface area contributed by atoms with Crippen LogP contribution in [0.5, 0.6) is 0 Å². The monoisotopic (exact) mass is 413 g/mol. The van der Waals surface area contributed by atoms with Crippen LogP contribution in [-0.2, 0) is 26.6 Å². The van der Waals surface area contributed by atoms with Gasteiger partial charge in [0.2, 0.25) is 15.9 Å². The smallest absolute Gasteiger partial charge is 0.354 e. The van der Waals surface area contributed by atoms with Gasteiger partial charge in [-0.3, -0.25) is 4.79 Å². The summed E-state index contributed by atoms with van der Waals surface area (Å²) < 4.78 is 32.9. The summed E-state index contributed by atoms with van der Waals surface area (Å²) >= 11 is 5.87. The lowest BCUT2D eigenvalue weighted by Crippen LogP contribution is -2.27. The number of aryl methyl sites for hydroxylation is 2. The number of amides is 1. The molecular formula is C17H20ClN3O5S. The van der Waals surface area contributed by atoms with Crippen molar-refractivity contribution >= 4 is 39.2 Å². The summed E-state index contributed by atoms with van der Waals surface area (Å²) in [5.74, 6) is -0.983. The number of methoxy groups -OCH3 is 1. The lowest BCUT2D eigenvalue weighted by molar-refractivity contribution is -0.116. The van der Waals surface area contributed by atoms with Gasteiger partial charge in [-0.05, 0) is 36.8 Å². The van der Waals surface area contributed by atoms with Crippen LogP contribution in [-0.4, -0.2) is 38.5 Å². The van der Waals surface area contributed by atoms with Crippen LogP contribution in [0.3, 0.4) is 0 Å². The highest BCUT2D eigenvalue weighted by Crippen LogP contribution is 2.19. The molecule has 2 aromatic rings. The van der Waals surface area contributed by atoms with Crippen molar-refractivity contribution in [2.45, 2.75) is 18.2 Å². The fraction of sp³-hybridized carbons (Fsp3) is 0.294. The van der Waals surface area contributed by atoms with Crippen molar-refractivity contribution in [3.8, 4) is 0 Å². The second-order valence-corrected chi connectivity index (χ2v) is 8.02. The molecule has 1 amide bonds. The normalized spacial score (nSPS) is 11.3. The minimum atomic E-state index is -3.86. The number of anilines is 1. The van der Waals surface area contributed by atoms with Crippen LogP contribution in [0.15, 0.2) is 35.4 Å². The maximum atomic E-state index is 12.3. The van der Waals surface area contributed by atoms with E-state index in [0.717, 1.165) is 5.56 Å². The van der Waals surface area contributed by atoms with Crippen molar-refractivity contribution in [3.05, 3.63) is 46.7 Å². The maximum absolute atomic E-state index is 12.3. The average molecular weight is 414 g/mol. The third-order valence-electron chi connectivity index (χ3n) is 3.79. The van der Waals surface area contributed by atoms with Crippen LogP contribution in [0.25, 0.3) is 0 Å². The largest absolute Gasteiger partial charge is 0.464 e. The summed E-state index contributed by atoms with van der Waals surface area (Å²) in [7, 11) is -1.12. The first-order chi connectivity index (χ1) is 12.6. The number of carbonyl (C=O) groups is 2. The van der Waals surface area contributed by atoms with Crippen LogP contribution < -0.4 is 10.0 Å². The Labute approximate surface area is 162 Å². The van der Waals surface area contributed by atoms with Gasteiger partial charge >= 0.3 is 5.97 Å². The SMILES string of the molecule is COC(=O)c1cc(S(=O)(=O)NCCC(=O)Nc2ccc(Cl)cc2C)cn1C. The molecule has 0 fully saturated rings. The molecule has 2 rings (SSSR count). The van der Waals surface area contributed by atoms with E-state index in [1.165, 1.54) is 31.0 Å². The predicted octanol–water partition coefficient (Wildman–Crippen LogP) is 2.08. The Morgan fingerprint density at radius 2 is 1.96 bits per heavy atom. The molecule has 0 atom stereocenters. The number of ether oxygens (including phenoxy) is 1. The topological polar surface area (TPSA) is 106 Å². The summed E-state index contributed by atoms with van der Waals surface area (Å²) in [6, 6.07) is 6.26. The van der Waals surface area contributed by atoms with E-state index in [4.69, 9.17) is 11.6 Å². The lowest BCUT2D eigenvalue weighted by atomic mass is 10.2. The first-order valence-corrected chi connectivity index (χ1v) is 9.80. The van der Waals surface area contributed by atoms with E-state index in [-0.39, 0.29) is 29.5 Å². The van der Waals surface area contributed by atoms with Gasteiger partial charge in [0.1, 0.15) is 10.6 Å². The second kappa shape index (κ2) is 8.55. The van der Waals surface area contributed by atoms with Crippen LogP contribution in [0.2, 0.25) is 5.02 Å². The van der Waals surface area contributed by atoms with Gasteiger partial charge in [0.15, 0.2) is 0 Å². The average Bonchev–Trinajstić information content (AvgIpc) is 2.99. The van der Waals surface area contributed by atoms with E-state index >= 15 is 0 Å². The van der Waals surface area contributed by atoms with Gasteiger partial charge in [-0.25, -0.2) is 17.9 Å². The Kier molecular flexibility index (Phi) is 6.63. The third-order valence-corrected chi connectivity index (χ3v) is 5.45. The number of hydrogen-bond donors (Lipinski definition) is 2. The molecule has 0 spiro atoms. The van der Waals surface area contributed by atoms with Crippen molar-refractivity contribution in [2.24, 2.45) is 7.05 Å². The number of nitrogens with zero attached hydrogens (tertiary/aromatic N) is 1.